The van der Waals surface area contributed by atoms with Gasteiger partial charge in [-0.15, -0.1) is 9.35 Å². The number of pyridine rings is 1. The predicted molar refractivity (Wildman–Crippen MR) is 87.0 cm³/mol. The Kier molecular flexibility index (Phi) is 3.38. The van der Waals surface area contributed by atoms with Crippen molar-refractivity contribution in [1.29, 1.82) is 0 Å². The monoisotopic (exact) mass is 354 g/mol. The Hall–Kier alpha value is -3.10. The van der Waals surface area contributed by atoms with Gasteiger partial charge in [-0.1, -0.05) is 30.3 Å². The number of carbonyl (C=O) groups is 2. The molecule has 124 valence electrons. The van der Waals surface area contributed by atoms with Crippen LogP contribution in [0, 0.1) is 0 Å². The summed E-state index contributed by atoms with van der Waals surface area (Å²) in [6, 6.07) is 13.9. The smallest absolute Gasteiger partial charge is 0.266 e. The molecule has 0 atom stereocenters. The second-order valence-electron chi connectivity index (χ2n) is 5.31. The number of aromatic nitrogens is 1. The second-order valence-corrected chi connectivity index (χ2v) is 6.81. The average molecular weight is 354 g/mol. The van der Waals surface area contributed by atoms with Crippen molar-refractivity contribution in [3.8, 4) is 0 Å². The van der Waals surface area contributed by atoms with Crippen molar-refractivity contribution in [3.05, 3.63) is 71.9 Å². The summed E-state index contributed by atoms with van der Waals surface area (Å²) in [6.45, 7) is 0. The molecule has 0 saturated heterocycles. The van der Waals surface area contributed by atoms with Crippen LogP contribution < -0.4 is 0 Å². The van der Waals surface area contributed by atoms with Gasteiger partial charge in [0, 0.05) is 11.6 Å². The first-order valence-electron chi connectivity index (χ1n) is 7.25. The van der Waals surface area contributed by atoms with Gasteiger partial charge in [0.05, 0.1) is 16.6 Å². The van der Waals surface area contributed by atoms with Crippen LogP contribution in [0.3, 0.4) is 0 Å². The van der Waals surface area contributed by atoms with Crippen molar-refractivity contribution in [1.82, 2.24) is 10.0 Å². The van der Waals surface area contributed by atoms with Crippen LogP contribution in [0.15, 0.2) is 65.7 Å². The fourth-order valence-electron chi connectivity index (χ4n) is 2.65. The van der Waals surface area contributed by atoms with Crippen molar-refractivity contribution < 1.29 is 22.3 Å². The zero-order chi connectivity index (χ0) is 17.6. The topological polar surface area (TPSA) is 93.6 Å². The van der Waals surface area contributed by atoms with E-state index in [-0.39, 0.29) is 26.6 Å². The van der Waals surface area contributed by atoms with E-state index in [2.05, 4.69) is 4.98 Å². The second kappa shape index (κ2) is 5.47. The summed E-state index contributed by atoms with van der Waals surface area (Å²) >= 11 is 0. The number of amides is 2. The maximum Gasteiger partial charge on any atom is 0.320 e. The number of para-hydroxylation sites is 1. The molecule has 3 aromatic rings. The summed E-state index contributed by atoms with van der Waals surface area (Å²) < 4.78 is 30.1. The molecule has 8 heteroatoms. The summed E-state index contributed by atoms with van der Waals surface area (Å²) in [5.74, 6) is -1.64. The molecule has 2 heterocycles. The number of imide groups is 1. The van der Waals surface area contributed by atoms with Crippen LogP contribution in [-0.2, 0) is 14.4 Å². The molecule has 0 fully saturated rings. The Morgan fingerprint density at radius 3 is 2.16 bits per heavy atom. The summed E-state index contributed by atoms with van der Waals surface area (Å²) in [6.07, 6.45) is 1.45. The number of fused-ring (bicyclic) bond motifs is 2. The predicted octanol–water partition coefficient (Wildman–Crippen LogP) is 2.15. The van der Waals surface area contributed by atoms with Gasteiger partial charge in [-0.25, -0.2) is 0 Å². The van der Waals surface area contributed by atoms with Gasteiger partial charge in [0.1, 0.15) is 4.90 Å². The third-order valence-corrected chi connectivity index (χ3v) is 5.01. The highest BCUT2D eigenvalue weighted by Gasteiger charge is 2.40. The van der Waals surface area contributed by atoms with Crippen LogP contribution in [0.5, 0.6) is 0 Å². The van der Waals surface area contributed by atoms with E-state index >= 15 is 0 Å². The molecule has 0 spiro atoms. The summed E-state index contributed by atoms with van der Waals surface area (Å²) in [5, 5.41) is 0.858. The van der Waals surface area contributed by atoms with Crippen molar-refractivity contribution in [3.63, 3.8) is 0 Å². The lowest BCUT2D eigenvalue weighted by atomic mass is 10.1. The maximum absolute atomic E-state index is 12.6. The van der Waals surface area contributed by atoms with Gasteiger partial charge in [0.2, 0.25) is 0 Å². The minimum atomic E-state index is -4.43. The molecule has 1 aromatic heterocycles. The fourth-order valence-corrected chi connectivity index (χ4v) is 3.72. The molecule has 2 aromatic carbocycles. The van der Waals surface area contributed by atoms with E-state index in [1.54, 1.807) is 30.3 Å². The third kappa shape index (κ3) is 2.39. The highest BCUT2D eigenvalue weighted by Crippen LogP contribution is 2.27. The molecular formula is C17H10N2O5S. The van der Waals surface area contributed by atoms with Crippen LogP contribution in [-0.4, -0.2) is 30.3 Å². The van der Waals surface area contributed by atoms with Gasteiger partial charge in [-0.3, -0.25) is 14.6 Å². The van der Waals surface area contributed by atoms with E-state index < -0.39 is 21.9 Å². The molecule has 1 aliphatic heterocycles. The van der Waals surface area contributed by atoms with Crippen molar-refractivity contribution in [2.24, 2.45) is 0 Å². The zero-order valence-corrected chi connectivity index (χ0v) is 13.4. The van der Waals surface area contributed by atoms with Crippen LogP contribution >= 0.6 is 0 Å². The quantitative estimate of drug-likeness (QED) is 0.669. The number of hydrogen-bond acceptors (Lipinski definition) is 6. The normalized spacial score (nSPS) is 14.2. The van der Waals surface area contributed by atoms with Crippen molar-refractivity contribution >= 4 is 32.8 Å². The fraction of sp³-hybridized carbons (Fsp3) is 0. The number of hydrogen-bond donors (Lipinski definition) is 0. The SMILES string of the molecule is O=C1c2ccccc2C(=O)N1OS(=O)(=O)c1cccc2cccnc12. The lowest BCUT2D eigenvalue weighted by Gasteiger charge is -2.13. The summed E-state index contributed by atoms with van der Waals surface area (Å²) in [7, 11) is -4.43. The molecule has 0 aliphatic carbocycles. The number of rotatable bonds is 3. The van der Waals surface area contributed by atoms with Crippen LogP contribution in [0.25, 0.3) is 10.9 Å². The van der Waals surface area contributed by atoms with E-state index in [0.29, 0.717) is 5.39 Å². The zero-order valence-electron chi connectivity index (χ0n) is 12.6. The molecule has 7 nitrogen and oxygen atoms in total. The minimum Gasteiger partial charge on any atom is -0.266 e. The molecule has 1 aliphatic rings. The molecule has 4 rings (SSSR count). The van der Waals surface area contributed by atoms with Gasteiger partial charge < -0.3 is 0 Å². The minimum absolute atomic E-state index is 0.0961. The lowest BCUT2D eigenvalue weighted by Crippen LogP contribution is -2.32. The van der Waals surface area contributed by atoms with Crippen LogP contribution in [0.1, 0.15) is 20.7 Å². The number of benzene rings is 2. The van der Waals surface area contributed by atoms with Gasteiger partial charge in [-0.2, -0.15) is 8.42 Å². The standard InChI is InChI=1S/C17H10N2O5S/c20-16-12-7-1-2-8-13(12)17(21)19(16)24-25(22,23)14-9-3-5-11-6-4-10-18-15(11)14/h1-10H. The van der Waals surface area contributed by atoms with Gasteiger partial charge >= 0.3 is 10.1 Å². The van der Waals surface area contributed by atoms with Gasteiger partial charge in [-0.05, 0) is 24.3 Å². The number of carbonyl (C=O) groups excluding carboxylic acids is 2. The van der Waals surface area contributed by atoms with Gasteiger partial charge in [0.15, 0.2) is 0 Å². The Balaban J connectivity index is 1.76. The first-order chi connectivity index (χ1) is 12.0. The van der Waals surface area contributed by atoms with Crippen molar-refractivity contribution in [2.45, 2.75) is 4.90 Å². The molecule has 0 N–H and O–H groups in total. The molecule has 0 unspecified atom stereocenters. The highest BCUT2D eigenvalue weighted by molar-refractivity contribution is 7.87. The maximum atomic E-state index is 12.6. The van der Waals surface area contributed by atoms with E-state index in [1.807, 2.05) is 0 Å². The van der Waals surface area contributed by atoms with E-state index in [1.165, 1.54) is 30.5 Å². The Morgan fingerprint density at radius 1 is 0.840 bits per heavy atom. The summed E-state index contributed by atoms with van der Waals surface area (Å²) in [4.78, 5) is 28.4. The molecule has 2 amide bonds. The van der Waals surface area contributed by atoms with Crippen LogP contribution in [0.2, 0.25) is 0 Å². The first-order valence-corrected chi connectivity index (χ1v) is 8.66. The van der Waals surface area contributed by atoms with Crippen molar-refractivity contribution in [2.75, 3.05) is 0 Å². The Labute approximate surface area is 142 Å². The average Bonchev–Trinajstić information content (AvgIpc) is 2.86. The molecule has 0 bridgehead atoms. The number of hydroxylamine groups is 2. The van der Waals surface area contributed by atoms with E-state index in [9.17, 15) is 18.0 Å². The molecule has 0 radical (unpaired) electrons. The van der Waals surface area contributed by atoms with E-state index in [0.717, 1.165) is 0 Å². The number of nitrogens with zero attached hydrogens (tertiary/aromatic N) is 2. The molecule has 0 saturated carbocycles. The largest absolute Gasteiger partial charge is 0.320 e. The molecular weight excluding hydrogens is 344 g/mol. The summed E-state index contributed by atoms with van der Waals surface area (Å²) in [5.41, 5.74) is 0.388. The van der Waals surface area contributed by atoms with Gasteiger partial charge in [0.25, 0.3) is 11.8 Å². The Morgan fingerprint density at radius 2 is 1.48 bits per heavy atom. The highest BCUT2D eigenvalue weighted by atomic mass is 32.2. The Bertz CT molecular complexity index is 1100. The van der Waals surface area contributed by atoms with E-state index in [4.69, 9.17) is 4.28 Å². The molecule has 25 heavy (non-hydrogen) atoms. The van der Waals surface area contributed by atoms with Crippen LogP contribution in [0.4, 0.5) is 0 Å². The first kappa shape index (κ1) is 15.4. The third-order valence-electron chi connectivity index (χ3n) is 3.79. The lowest BCUT2D eigenvalue weighted by molar-refractivity contribution is -0.0103.